The Bertz CT molecular complexity index is 667. The third kappa shape index (κ3) is 5.07. The van der Waals surface area contributed by atoms with E-state index in [1.807, 2.05) is 0 Å². The van der Waals surface area contributed by atoms with E-state index in [2.05, 4.69) is 20.9 Å². The van der Waals surface area contributed by atoms with Crippen molar-refractivity contribution in [3.63, 3.8) is 0 Å². The fourth-order valence-corrected chi connectivity index (χ4v) is 3.58. The summed E-state index contributed by atoms with van der Waals surface area (Å²) < 4.78 is 6.05. The highest BCUT2D eigenvalue weighted by atomic mass is 79.9. The predicted molar refractivity (Wildman–Crippen MR) is 97.8 cm³/mol. The first kappa shape index (κ1) is 20.0. The van der Waals surface area contributed by atoms with Crippen molar-refractivity contribution in [3.8, 4) is 0 Å². The minimum atomic E-state index is -0.956. The molecule has 0 atom stereocenters. The summed E-state index contributed by atoms with van der Waals surface area (Å²) in [5.74, 6) is -0.875. The lowest BCUT2D eigenvalue weighted by Gasteiger charge is -2.39. The summed E-state index contributed by atoms with van der Waals surface area (Å²) in [5, 5.41) is 10.3. The van der Waals surface area contributed by atoms with E-state index in [0.29, 0.717) is 41.1 Å². The molecule has 138 valence electrons. The average molecular weight is 434 g/mol. The Morgan fingerprint density at radius 1 is 1.40 bits per heavy atom. The van der Waals surface area contributed by atoms with Crippen LogP contribution < -0.4 is 0 Å². The number of amides is 1. The molecule has 0 spiro atoms. The van der Waals surface area contributed by atoms with E-state index in [0.717, 1.165) is 0 Å². The molecule has 1 aromatic rings. The molecule has 1 aliphatic rings. The van der Waals surface area contributed by atoms with E-state index in [-0.39, 0.29) is 6.42 Å². The highest BCUT2D eigenvalue weighted by Gasteiger charge is 2.43. The molecule has 1 fully saturated rings. The van der Waals surface area contributed by atoms with E-state index >= 15 is 0 Å². The van der Waals surface area contributed by atoms with Crippen LogP contribution in [0.3, 0.4) is 0 Å². The number of carboxylic acid groups (broad SMARTS) is 1. The van der Waals surface area contributed by atoms with E-state index in [1.165, 1.54) is 6.20 Å². The number of likely N-dealkylation sites (tertiary alicyclic amines) is 1. The third-order valence-electron chi connectivity index (χ3n) is 4.22. The van der Waals surface area contributed by atoms with Crippen LogP contribution in [0.4, 0.5) is 4.79 Å². The Morgan fingerprint density at radius 3 is 2.48 bits per heavy atom. The number of nitrogens with zero attached hydrogens (tertiary/aromatic N) is 2. The molecule has 1 N–H and O–H groups in total. The maximum absolute atomic E-state index is 12.2. The lowest BCUT2D eigenvalue weighted by molar-refractivity contribution is -0.152. The maximum Gasteiger partial charge on any atom is 0.410 e. The minimum absolute atomic E-state index is 0.280. The summed E-state index contributed by atoms with van der Waals surface area (Å²) in [6.45, 7) is 6.10. The zero-order chi connectivity index (χ0) is 18.8. The summed E-state index contributed by atoms with van der Waals surface area (Å²) in [7, 11) is 0. The van der Waals surface area contributed by atoms with Crippen molar-refractivity contribution in [2.24, 2.45) is 5.41 Å². The lowest BCUT2D eigenvalue weighted by Crippen LogP contribution is -2.48. The van der Waals surface area contributed by atoms with Crippen molar-refractivity contribution >= 4 is 39.6 Å². The Hall–Kier alpha value is -1.34. The van der Waals surface area contributed by atoms with Gasteiger partial charge >= 0.3 is 12.1 Å². The molecular weight excluding hydrogens is 412 g/mol. The maximum atomic E-state index is 12.2. The molecule has 1 amide bonds. The number of carbonyl (C=O) groups excluding carboxylic acids is 1. The zero-order valence-corrected chi connectivity index (χ0v) is 16.9. The van der Waals surface area contributed by atoms with Crippen LogP contribution in [0.2, 0.25) is 5.02 Å². The molecule has 25 heavy (non-hydrogen) atoms. The van der Waals surface area contributed by atoms with Crippen molar-refractivity contribution in [2.75, 3.05) is 13.1 Å². The first-order valence-electron chi connectivity index (χ1n) is 8.04. The van der Waals surface area contributed by atoms with E-state index in [1.54, 1.807) is 31.7 Å². The van der Waals surface area contributed by atoms with Gasteiger partial charge in [0.05, 0.1) is 16.1 Å². The van der Waals surface area contributed by atoms with Crippen molar-refractivity contribution in [1.82, 2.24) is 9.88 Å². The standard InChI is InChI=1S/C17H22BrClN2O4/c1-16(2,3)25-15(24)21-6-4-17(5-7-21,14(22)23)9-13-12(18)8-11(19)10-20-13/h8,10H,4-7,9H2,1-3H3,(H,22,23). The summed E-state index contributed by atoms with van der Waals surface area (Å²) in [4.78, 5) is 29.9. The monoisotopic (exact) mass is 432 g/mol. The number of aromatic nitrogens is 1. The first-order chi connectivity index (χ1) is 11.5. The van der Waals surface area contributed by atoms with Gasteiger partial charge in [-0.1, -0.05) is 11.6 Å². The molecule has 2 rings (SSSR count). The second kappa shape index (κ2) is 7.50. The number of ether oxygens (including phenoxy) is 1. The number of carboxylic acids is 1. The molecule has 2 heterocycles. The largest absolute Gasteiger partial charge is 0.481 e. The van der Waals surface area contributed by atoms with Crippen molar-refractivity contribution < 1.29 is 19.4 Å². The number of pyridine rings is 1. The van der Waals surface area contributed by atoms with Gasteiger partial charge in [-0.3, -0.25) is 9.78 Å². The summed E-state index contributed by atoms with van der Waals surface area (Å²) in [5.41, 5.74) is -0.879. The van der Waals surface area contributed by atoms with Gasteiger partial charge < -0.3 is 14.7 Å². The van der Waals surface area contributed by atoms with Crippen LogP contribution >= 0.6 is 27.5 Å². The SMILES string of the molecule is CC(C)(C)OC(=O)N1CCC(Cc2ncc(Cl)cc2Br)(C(=O)O)CC1. The number of carbonyl (C=O) groups is 2. The van der Waals surface area contributed by atoms with Crippen LogP contribution in [-0.2, 0) is 16.0 Å². The highest BCUT2D eigenvalue weighted by Crippen LogP contribution is 2.37. The molecule has 8 heteroatoms. The average Bonchev–Trinajstić information content (AvgIpc) is 2.49. The third-order valence-corrected chi connectivity index (χ3v) is 5.11. The molecule has 0 unspecified atom stereocenters. The fraction of sp³-hybridized carbons (Fsp3) is 0.588. The minimum Gasteiger partial charge on any atom is -0.481 e. The highest BCUT2D eigenvalue weighted by molar-refractivity contribution is 9.10. The Balaban J connectivity index is 2.10. The number of aliphatic carboxylic acids is 1. The van der Waals surface area contributed by atoms with Gasteiger partial charge in [0.25, 0.3) is 0 Å². The number of hydrogen-bond donors (Lipinski definition) is 1. The summed E-state index contributed by atoms with van der Waals surface area (Å²) in [6, 6.07) is 1.70. The molecule has 1 saturated heterocycles. The van der Waals surface area contributed by atoms with Crippen molar-refractivity contribution in [1.29, 1.82) is 0 Å². The van der Waals surface area contributed by atoms with Crippen LogP contribution in [-0.4, -0.2) is 45.7 Å². The topological polar surface area (TPSA) is 79.7 Å². The molecule has 0 aliphatic carbocycles. The van der Waals surface area contributed by atoms with Crippen LogP contribution in [0.15, 0.2) is 16.7 Å². The molecule has 1 aromatic heterocycles. The fourth-order valence-electron chi connectivity index (χ4n) is 2.80. The second-order valence-corrected chi connectivity index (χ2v) is 8.60. The normalized spacial score (nSPS) is 17.2. The predicted octanol–water partition coefficient (Wildman–Crippen LogP) is 4.14. The molecular formula is C17H22BrClN2O4. The van der Waals surface area contributed by atoms with Crippen LogP contribution in [0.25, 0.3) is 0 Å². The number of hydrogen-bond acceptors (Lipinski definition) is 4. The number of piperidine rings is 1. The molecule has 1 aliphatic heterocycles. The second-order valence-electron chi connectivity index (χ2n) is 7.31. The quantitative estimate of drug-likeness (QED) is 0.775. The van der Waals surface area contributed by atoms with Crippen LogP contribution in [0.1, 0.15) is 39.3 Å². The van der Waals surface area contributed by atoms with Gasteiger partial charge in [-0.15, -0.1) is 0 Å². The number of rotatable bonds is 3. The van der Waals surface area contributed by atoms with E-state index < -0.39 is 23.1 Å². The van der Waals surface area contributed by atoms with Crippen LogP contribution in [0.5, 0.6) is 0 Å². The molecule has 0 bridgehead atoms. The Labute approximate surface area is 160 Å². The lowest BCUT2D eigenvalue weighted by atomic mass is 9.75. The molecule has 0 aromatic carbocycles. The van der Waals surface area contributed by atoms with Crippen molar-refractivity contribution in [3.05, 3.63) is 27.5 Å². The van der Waals surface area contributed by atoms with E-state index in [4.69, 9.17) is 16.3 Å². The zero-order valence-electron chi connectivity index (χ0n) is 14.5. The smallest absolute Gasteiger partial charge is 0.410 e. The van der Waals surface area contributed by atoms with Gasteiger partial charge in [-0.25, -0.2) is 4.79 Å². The van der Waals surface area contributed by atoms with Gasteiger partial charge in [-0.05, 0) is 55.6 Å². The molecule has 6 nitrogen and oxygen atoms in total. The Kier molecular flexibility index (Phi) is 5.99. The summed E-state index contributed by atoms with van der Waals surface area (Å²) >= 11 is 9.29. The van der Waals surface area contributed by atoms with Gasteiger partial charge in [0.2, 0.25) is 0 Å². The van der Waals surface area contributed by atoms with Gasteiger partial charge in [-0.2, -0.15) is 0 Å². The van der Waals surface area contributed by atoms with Crippen molar-refractivity contribution in [2.45, 2.75) is 45.6 Å². The first-order valence-corrected chi connectivity index (χ1v) is 9.21. The van der Waals surface area contributed by atoms with Gasteiger partial charge in [0, 0.05) is 30.2 Å². The van der Waals surface area contributed by atoms with Gasteiger partial charge in [0.15, 0.2) is 0 Å². The Morgan fingerprint density at radius 2 is 2.00 bits per heavy atom. The van der Waals surface area contributed by atoms with E-state index in [9.17, 15) is 14.7 Å². The van der Waals surface area contributed by atoms with Gasteiger partial charge in [0.1, 0.15) is 5.60 Å². The summed E-state index contributed by atoms with van der Waals surface area (Å²) in [6.07, 6.45) is 2.07. The van der Waals surface area contributed by atoms with Crippen LogP contribution in [0, 0.1) is 5.41 Å². The molecule has 0 saturated carbocycles. The molecule has 0 radical (unpaired) electrons. The number of halogens is 2.